The summed E-state index contributed by atoms with van der Waals surface area (Å²) in [6.45, 7) is 0. The standard InChI is InChI=1S/C12H11N3O2/c13-11(16)9-2-1-7-6-10(12(14)17)15-4-3-8(7)5-9/h1-5H,6H2,(H2,13,16)(H2,14,17). The third-order valence-electron chi connectivity index (χ3n) is 2.56. The summed E-state index contributed by atoms with van der Waals surface area (Å²) in [4.78, 5) is 26.1. The van der Waals surface area contributed by atoms with Gasteiger partial charge in [-0.05, 0) is 29.3 Å². The van der Waals surface area contributed by atoms with Crippen molar-refractivity contribution in [3.8, 4) is 0 Å². The normalized spacial score (nSPS) is 13.5. The Morgan fingerprint density at radius 2 is 1.94 bits per heavy atom. The van der Waals surface area contributed by atoms with Crippen LogP contribution in [0.5, 0.6) is 0 Å². The second-order valence-corrected chi connectivity index (χ2v) is 3.71. The number of benzene rings is 1. The van der Waals surface area contributed by atoms with E-state index in [0.29, 0.717) is 17.7 Å². The van der Waals surface area contributed by atoms with Crippen LogP contribution in [0, 0.1) is 0 Å². The molecule has 1 heterocycles. The van der Waals surface area contributed by atoms with Gasteiger partial charge >= 0.3 is 0 Å². The molecule has 1 aliphatic rings. The average molecular weight is 229 g/mol. The maximum atomic E-state index is 11.1. The summed E-state index contributed by atoms with van der Waals surface area (Å²) in [7, 11) is 0. The molecule has 0 aromatic heterocycles. The van der Waals surface area contributed by atoms with Crippen molar-refractivity contribution >= 4 is 23.6 Å². The number of rotatable bonds is 2. The molecule has 17 heavy (non-hydrogen) atoms. The highest BCUT2D eigenvalue weighted by Gasteiger charge is 2.13. The number of fused-ring (bicyclic) bond motifs is 1. The quantitative estimate of drug-likeness (QED) is 0.759. The summed E-state index contributed by atoms with van der Waals surface area (Å²) in [6.07, 6.45) is 3.57. The van der Waals surface area contributed by atoms with Crippen LogP contribution in [0.3, 0.4) is 0 Å². The van der Waals surface area contributed by atoms with Gasteiger partial charge in [0, 0.05) is 18.2 Å². The summed E-state index contributed by atoms with van der Waals surface area (Å²) in [5.74, 6) is -1.03. The predicted octanol–water partition coefficient (Wildman–Crippen LogP) is 0.239. The first-order chi connectivity index (χ1) is 8.08. The van der Waals surface area contributed by atoms with E-state index in [4.69, 9.17) is 11.5 Å². The molecule has 0 saturated heterocycles. The number of hydrogen-bond donors (Lipinski definition) is 2. The van der Waals surface area contributed by atoms with Gasteiger partial charge in [-0.25, -0.2) is 0 Å². The Morgan fingerprint density at radius 3 is 2.59 bits per heavy atom. The second kappa shape index (κ2) is 4.21. The second-order valence-electron chi connectivity index (χ2n) is 3.71. The molecule has 0 bridgehead atoms. The lowest BCUT2D eigenvalue weighted by atomic mass is 9.99. The number of aliphatic imine (C=N–C) groups is 1. The topological polar surface area (TPSA) is 98.5 Å². The van der Waals surface area contributed by atoms with Crippen molar-refractivity contribution in [3.63, 3.8) is 0 Å². The van der Waals surface area contributed by atoms with Crippen LogP contribution in [0.1, 0.15) is 21.5 Å². The van der Waals surface area contributed by atoms with E-state index in [9.17, 15) is 9.59 Å². The van der Waals surface area contributed by atoms with Crippen LogP contribution in [0.4, 0.5) is 0 Å². The van der Waals surface area contributed by atoms with Gasteiger partial charge in [-0.15, -0.1) is 0 Å². The largest absolute Gasteiger partial charge is 0.366 e. The van der Waals surface area contributed by atoms with Gasteiger partial charge in [-0.2, -0.15) is 0 Å². The van der Waals surface area contributed by atoms with Crippen LogP contribution >= 0.6 is 0 Å². The minimum Gasteiger partial charge on any atom is -0.366 e. The van der Waals surface area contributed by atoms with Gasteiger partial charge in [0.05, 0.1) is 0 Å². The predicted molar refractivity (Wildman–Crippen MR) is 64.3 cm³/mol. The van der Waals surface area contributed by atoms with Crippen LogP contribution in [-0.4, -0.2) is 17.5 Å². The first-order valence-electron chi connectivity index (χ1n) is 5.03. The zero-order valence-corrected chi connectivity index (χ0v) is 9.01. The zero-order valence-electron chi connectivity index (χ0n) is 9.01. The fourth-order valence-electron chi connectivity index (χ4n) is 1.65. The summed E-state index contributed by atoms with van der Waals surface area (Å²) in [6, 6.07) is 5.05. The molecule has 1 aromatic carbocycles. The van der Waals surface area contributed by atoms with Crippen LogP contribution in [0.2, 0.25) is 0 Å². The molecule has 86 valence electrons. The van der Waals surface area contributed by atoms with Crippen LogP contribution in [0.25, 0.3) is 6.08 Å². The maximum absolute atomic E-state index is 11.1. The third-order valence-corrected chi connectivity index (χ3v) is 2.56. The van der Waals surface area contributed by atoms with Gasteiger partial charge in [0.15, 0.2) is 0 Å². The lowest BCUT2D eigenvalue weighted by Crippen LogP contribution is -2.25. The van der Waals surface area contributed by atoms with E-state index in [2.05, 4.69) is 4.99 Å². The molecule has 2 amide bonds. The Labute approximate surface area is 97.8 Å². The fraction of sp³-hybridized carbons (Fsp3) is 0.0833. The highest BCUT2D eigenvalue weighted by Crippen LogP contribution is 2.17. The molecular weight excluding hydrogens is 218 g/mol. The molecule has 0 atom stereocenters. The number of carbonyl (C=O) groups is 2. The molecule has 0 fully saturated rings. The number of carbonyl (C=O) groups excluding carboxylic acids is 2. The van der Waals surface area contributed by atoms with E-state index in [1.807, 2.05) is 0 Å². The van der Waals surface area contributed by atoms with Gasteiger partial charge in [-0.1, -0.05) is 6.07 Å². The molecule has 1 aliphatic heterocycles. The van der Waals surface area contributed by atoms with Gasteiger partial charge in [-0.3, -0.25) is 14.6 Å². The number of nitrogens with two attached hydrogens (primary N) is 2. The molecule has 0 spiro atoms. The summed E-state index contributed by atoms with van der Waals surface area (Å²) >= 11 is 0. The maximum Gasteiger partial charge on any atom is 0.263 e. The Morgan fingerprint density at radius 1 is 1.18 bits per heavy atom. The lowest BCUT2D eigenvalue weighted by Gasteiger charge is -2.05. The van der Waals surface area contributed by atoms with Crippen molar-refractivity contribution in [1.82, 2.24) is 0 Å². The van der Waals surface area contributed by atoms with Crippen molar-refractivity contribution in [1.29, 1.82) is 0 Å². The lowest BCUT2D eigenvalue weighted by molar-refractivity contribution is -0.112. The number of hydrogen-bond acceptors (Lipinski definition) is 3. The van der Waals surface area contributed by atoms with Gasteiger partial charge in [0.1, 0.15) is 5.71 Å². The van der Waals surface area contributed by atoms with Crippen molar-refractivity contribution in [2.24, 2.45) is 16.5 Å². The highest BCUT2D eigenvalue weighted by atomic mass is 16.1. The minimum absolute atomic E-state index is 0.298. The zero-order chi connectivity index (χ0) is 12.4. The van der Waals surface area contributed by atoms with E-state index in [-0.39, 0.29) is 0 Å². The van der Waals surface area contributed by atoms with E-state index in [1.165, 1.54) is 6.20 Å². The molecule has 0 aliphatic carbocycles. The van der Waals surface area contributed by atoms with Crippen molar-refractivity contribution in [2.75, 3.05) is 0 Å². The highest BCUT2D eigenvalue weighted by molar-refractivity contribution is 6.39. The van der Waals surface area contributed by atoms with E-state index >= 15 is 0 Å². The molecule has 4 N–H and O–H groups in total. The molecular formula is C12H11N3O2. The minimum atomic E-state index is -0.540. The van der Waals surface area contributed by atoms with Crippen LogP contribution in [-0.2, 0) is 11.2 Å². The molecule has 0 radical (unpaired) electrons. The average Bonchev–Trinajstić information content (AvgIpc) is 2.49. The number of amides is 2. The van der Waals surface area contributed by atoms with Crippen molar-refractivity contribution in [2.45, 2.75) is 6.42 Å². The molecule has 2 rings (SSSR count). The van der Waals surface area contributed by atoms with E-state index in [0.717, 1.165) is 11.1 Å². The van der Waals surface area contributed by atoms with Gasteiger partial charge in [0.25, 0.3) is 5.91 Å². The smallest absolute Gasteiger partial charge is 0.263 e. The first kappa shape index (κ1) is 11.1. The summed E-state index contributed by atoms with van der Waals surface area (Å²) < 4.78 is 0. The monoisotopic (exact) mass is 229 g/mol. The molecule has 0 unspecified atom stereocenters. The van der Waals surface area contributed by atoms with Crippen LogP contribution < -0.4 is 11.5 Å². The summed E-state index contributed by atoms with van der Waals surface area (Å²) in [5.41, 5.74) is 12.8. The Kier molecular flexibility index (Phi) is 2.74. The fourth-order valence-corrected chi connectivity index (χ4v) is 1.65. The Balaban J connectivity index is 2.43. The number of primary amides is 2. The molecule has 1 aromatic rings. The molecule has 5 nitrogen and oxygen atoms in total. The SMILES string of the molecule is NC(=O)C1=NC=Cc2cc(C(N)=O)ccc2C1. The summed E-state index contributed by atoms with van der Waals surface area (Å²) in [5, 5.41) is 0. The van der Waals surface area contributed by atoms with Gasteiger partial charge in [0.2, 0.25) is 5.91 Å². The molecule has 5 heteroatoms. The Bertz CT molecular complexity index is 559. The molecule has 0 saturated carbocycles. The third kappa shape index (κ3) is 2.23. The van der Waals surface area contributed by atoms with Crippen molar-refractivity contribution in [3.05, 3.63) is 41.1 Å². The van der Waals surface area contributed by atoms with Gasteiger partial charge < -0.3 is 11.5 Å². The van der Waals surface area contributed by atoms with Crippen molar-refractivity contribution < 1.29 is 9.59 Å². The van der Waals surface area contributed by atoms with E-state index in [1.54, 1.807) is 24.3 Å². The first-order valence-corrected chi connectivity index (χ1v) is 5.03. The van der Waals surface area contributed by atoms with E-state index < -0.39 is 11.8 Å². The number of nitrogens with zero attached hydrogens (tertiary/aromatic N) is 1. The van der Waals surface area contributed by atoms with Crippen LogP contribution in [0.15, 0.2) is 29.4 Å². The Hall–Kier alpha value is -2.43.